The van der Waals surface area contributed by atoms with Gasteiger partial charge in [0.05, 0.1) is 18.8 Å². The first-order valence-electron chi connectivity index (χ1n) is 7.48. The summed E-state index contributed by atoms with van der Waals surface area (Å²) in [4.78, 5) is 2.31. The molecule has 0 spiro atoms. The Morgan fingerprint density at radius 1 is 1.28 bits per heavy atom. The molecule has 1 aliphatic heterocycles. The zero-order valence-electron chi connectivity index (χ0n) is 11.6. The third-order valence-corrected chi connectivity index (χ3v) is 4.21. The standard InChI is InChI=1S/C14H28N2O2/c1-12-4-2-3-5-14(12)18-11-13(17)10-16-8-6-15-7-9-16/h12-15,17H,2-11H2,1H3/t12?,13-,14?/m0/s1. The molecule has 0 aromatic heterocycles. The predicted octanol–water partition coefficient (Wildman–Crippen LogP) is 0.848. The van der Waals surface area contributed by atoms with Crippen LogP contribution < -0.4 is 5.32 Å². The van der Waals surface area contributed by atoms with E-state index >= 15 is 0 Å². The summed E-state index contributed by atoms with van der Waals surface area (Å²) < 4.78 is 5.91. The number of aliphatic hydroxyl groups excluding tert-OH is 1. The Kier molecular flexibility index (Phi) is 5.89. The van der Waals surface area contributed by atoms with Crippen molar-refractivity contribution in [3.05, 3.63) is 0 Å². The first-order valence-corrected chi connectivity index (χ1v) is 7.48. The fourth-order valence-corrected chi connectivity index (χ4v) is 3.01. The summed E-state index contributed by atoms with van der Waals surface area (Å²) in [7, 11) is 0. The second kappa shape index (κ2) is 7.43. The van der Waals surface area contributed by atoms with Crippen LogP contribution in [0.3, 0.4) is 0 Å². The van der Waals surface area contributed by atoms with Crippen LogP contribution in [0.2, 0.25) is 0 Å². The zero-order valence-corrected chi connectivity index (χ0v) is 11.6. The Hall–Kier alpha value is -0.160. The number of nitrogens with one attached hydrogen (secondary N) is 1. The van der Waals surface area contributed by atoms with Crippen LogP contribution in [0.25, 0.3) is 0 Å². The van der Waals surface area contributed by atoms with E-state index in [1.54, 1.807) is 0 Å². The molecule has 0 aromatic rings. The van der Waals surface area contributed by atoms with Crippen molar-refractivity contribution in [2.75, 3.05) is 39.3 Å². The molecule has 2 N–H and O–H groups in total. The van der Waals surface area contributed by atoms with Crippen molar-refractivity contribution in [3.8, 4) is 0 Å². The molecule has 18 heavy (non-hydrogen) atoms. The van der Waals surface area contributed by atoms with Gasteiger partial charge < -0.3 is 15.2 Å². The van der Waals surface area contributed by atoms with Crippen LogP contribution in [0.5, 0.6) is 0 Å². The van der Waals surface area contributed by atoms with E-state index in [0.717, 1.165) is 32.7 Å². The molecular formula is C14H28N2O2. The summed E-state index contributed by atoms with van der Waals surface area (Å²) in [6.07, 6.45) is 5.10. The van der Waals surface area contributed by atoms with E-state index in [0.29, 0.717) is 18.6 Å². The van der Waals surface area contributed by atoms with Gasteiger partial charge in [0.15, 0.2) is 0 Å². The van der Waals surface area contributed by atoms with E-state index in [1.807, 2.05) is 0 Å². The van der Waals surface area contributed by atoms with Crippen molar-refractivity contribution >= 4 is 0 Å². The highest BCUT2D eigenvalue weighted by Crippen LogP contribution is 2.26. The summed E-state index contributed by atoms with van der Waals surface area (Å²) >= 11 is 0. The van der Waals surface area contributed by atoms with Crippen LogP contribution in [0.4, 0.5) is 0 Å². The fraction of sp³-hybridized carbons (Fsp3) is 1.00. The summed E-state index contributed by atoms with van der Waals surface area (Å²) in [5.41, 5.74) is 0. The van der Waals surface area contributed by atoms with Crippen LogP contribution in [0, 0.1) is 5.92 Å². The molecule has 2 rings (SSSR count). The summed E-state index contributed by atoms with van der Waals surface area (Å²) in [5, 5.41) is 13.4. The minimum atomic E-state index is -0.336. The lowest BCUT2D eigenvalue weighted by molar-refractivity contribution is -0.0534. The number of β-amino-alcohol motifs (C(OH)–C–C–N with tert-alkyl or cyclic N) is 1. The van der Waals surface area contributed by atoms with Crippen LogP contribution >= 0.6 is 0 Å². The van der Waals surface area contributed by atoms with Crippen molar-refractivity contribution in [1.29, 1.82) is 0 Å². The van der Waals surface area contributed by atoms with E-state index in [4.69, 9.17) is 4.74 Å². The number of hydrogen-bond donors (Lipinski definition) is 2. The van der Waals surface area contributed by atoms with Gasteiger partial charge in [-0.05, 0) is 18.8 Å². The Morgan fingerprint density at radius 2 is 2.00 bits per heavy atom. The Morgan fingerprint density at radius 3 is 2.72 bits per heavy atom. The highest BCUT2D eigenvalue weighted by molar-refractivity contribution is 4.74. The Bertz CT molecular complexity index is 232. The monoisotopic (exact) mass is 256 g/mol. The lowest BCUT2D eigenvalue weighted by Gasteiger charge is -2.32. The van der Waals surface area contributed by atoms with Gasteiger partial charge in [0.25, 0.3) is 0 Å². The lowest BCUT2D eigenvalue weighted by Crippen LogP contribution is -2.47. The third-order valence-electron chi connectivity index (χ3n) is 4.21. The van der Waals surface area contributed by atoms with E-state index in [9.17, 15) is 5.11 Å². The first kappa shape index (κ1) is 14.3. The topological polar surface area (TPSA) is 44.7 Å². The molecule has 4 nitrogen and oxygen atoms in total. The summed E-state index contributed by atoms with van der Waals surface area (Å²) in [5.74, 6) is 0.658. The maximum absolute atomic E-state index is 10.0. The number of ether oxygens (including phenoxy) is 1. The second-order valence-electron chi connectivity index (χ2n) is 5.84. The van der Waals surface area contributed by atoms with Crippen molar-refractivity contribution < 1.29 is 9.84 Å². The van der Waals surface area contributed by atoms with Crippen LogP contribution in [-0.4, -0.2) is 61.5 Å². The molecule has 2 unspecified atom stereocenters. The number of nitrogens with zero attached hydrogens (tertiary/aromatic N) is 1. The molecule has 2 fully saturated rings. The van der Waals surface area contributed by atoms with Crippen LogP contribution in [0.1, 0.15) is 32.6 Å². The molecule has 0 bridgehead atoms. The number of piperazine rings is 1. The first-order chi connectivity index (χ1) is 8.75. The molecular weight excluding hydrogens is 228 g/mol. The molecule has 0 radical (unpaired) electrons. The molecule has 0 amide bonds. The highest BCUT2D eigenvalue weighted by Gasteiger charge is 2.23. The van der Waals surface area contributed by atoms with Gasteiger partial charge >= 0.3 is 0 Å². The zero-order chi connectivity index (χ0) is 12.8. The van der Waals surface area contributed by atoms with Gasteiger partial charge in [0, 0.05) is 32.7 Å². The smallest absolute Gasteiger partial charge is 0.0900 e. The average molecular weight is 256 g/mol. The second-order valence-corrected chi connectivity index (χ2v) is 5.84. The van der Waals surface area contributed by atoms with Crippen LogP contribution in [-0.2, 0) is 4.74 Å². The summed E-state index contributed by atoms with van der Waals surface area (Å²) in [6, 6.07) is 0. The van der Waals surface area contributed by atoms with Gasteiger partial charge in [0.1, 0.15) is 0 Å². The average Bonchev–Trinajstić information content (AvgIpc) is 2.39. The minimum Gasteiger partial charge on any atom is -0.389 e. The molecule has 1 saturated carbocycles. The van der Waals surface area contributed by atoms with Gasteiger partial charge in [0.2, 0.25) is 0 Å². The Labute approximate surface area is 111 Å². The molecule has 106 valence electrons. The highest BCUT2D eigenvalue weighted by atomic mass is 16.5. The molecule has 3 atom stereocenters. The van der Waals surface area contributed by atoms with Crippen molar-refractivity contribution in [2.24, 2.45) is 5.92 Å². The quantitative estimate of drug-likeness (QED) is 0.765. The van der Waals surface area contributed by atoms with Gasteiger partial charge in [-0.3, -0.25) is 4.90 Å². The molecule has 4 heteroatoms. The van der Waals surface area contributed by atoms with E-state index in [1.165, 1.54) is 25.7 Å². The predicted molar refractivity (Wildman–Crippen MR) is 72.7 cm³/mol. The largest absolute Gasteiger partial charge is 0.389 e. The lowest BCUT2D eigenvalue weighted by atomic mass is 9.88. The van der Waals surface area contributed by atoms with Crippen LogP contribution in [0.15, 0.2) is 0 Å². The van der Waals surface area contributed by atoms with Gasteiger partial charge in [-0.2, -0.15) is 0 Å². The number of aliphatic hydroxyl groups is 1. The molecule has 2 aliphatic rings. The van der Waals surface area contributed by atoms with Gasteiger partial charge in [-0.15, -0.1) is 0 Å². The maximum atomic E-state index is 10.0. The van der Waals surface area contributed by atoms with Crippen molar-refractivity contribution in [1.82, 2.24) is 10.2 Å². The third kappa shape index (κ3) is 4.50. The van der Waals surface area contributed by atoms with Crippen molar-refractivity contribution in [2.45, 2.75) is 44.8 Å². The molecule has 1 aliphatic carbocycles. The Balaban J connectivity index is 1.62. The van der Waals surface area contributed by atoms with Crippen molar-refractivity contribution in [3.63, 3.8) is 0 Å². The number of rotatable bonds is 5. The van der Waals surface area contributed by atoms with Gasteiger partial charge in [-0.25, -0.2) is 0 Å². The fourth-order valence-electron chi connectivity index (χ4n) is 3.01. The summed E-state index contributed by atoms with van der Waals surface area (Å²) in [6.45, 7) is 7.67. The molecule has 0 aromatic carbocycles. The number of hydrogen-bond acceptors (Lipinski definition) is 4. The van der Waals surface area contributed by atoms with E-state index < -0.39 is 0 Å². The molecule has 1 saturated heterocycles. The normalized spacial score (nSPS) is 32.3. The van der Waals surface area contributed by atoms with E-state index in [-0.39, 0.29) is 6.10 Å². The van der Waals surface area contributed by atoms with E-state index in [2.05, 4.69) is 17.1 Å². The van der Waals surface area contributed by atoms with Gasteiger partial charge in [-0.1, -0.05) is 19.8 Å². The maximum Gasteiger partial charge on any atom is 0.0900 e. The SMILES string of the molecule is CC1CCCCC1OC[C@@H](O)CN1CCNCC1. The minimum absolute atomic E-state index is 0.336. The molecule has 1 heterocycles.